The first-order valence-corrected chi connectivity index (χ1v) is 4.48. The fourth-order valence-corrected chi connectivity index (χ4v) is 0.545. The molecule has 0 aliphatic heterocycles. The van der Waals surface area contributed by atoms with Crippen LogP contribution in [0.5, 0.6) is 0 Å². The van der Waals surface area contributed by atoms with Crippen LogP contribution in [-0.4, -0.2) is 29.8 Å². The molecule has 0 saturated heterocycles. The Labute approximate surface area is 92.8 Å². The molecule has 0 rings (SSSR count). The van der Waals surface area contributed by atoms with Crippen molar-refractivity contribution in [2.24, 2.45) is 5.41 Å². The standard InChI is InChI=1S/C10H14O6/c1-10(2,3)9(14)16-6-15-8(13)5-4-7(11)12/h4-5H,6H2,1-3H3,(H,11,12)/b5-4-. The predicted octanol–water partition coefficient (Wildman–Crippen LogP) is 0.717. The van der Waals surface area contributed by atoms with Crippen LogP contribution in [0.25, 0.3) is 0 Å². The minimum absolute atomic E-state index is 0.512. The average Bonchev–Trinajstić information content (AvgIpc) is 2.13. The lowest BCUT2D eigenvalue weighted by molar-refractivity contribution is -0.170. The van der Waals surface area contributed by atoms with Crippen molar-refractivity contribution in [3.63, 3.8) is 0 Å². The number of carboxylic acid groups (broad SMARTS) is 1. The first-order valence-electron chi connectivity index (χ1n) is 4.48. The second kappa shape index (κ2) is 5.89. The highest BCUT2D eigenvalue weighted by Gasteiger charge is 2.23. The van der Waals surface area contributed by atoms with Gasteiger partial charge in [0.2, 0.25) is 6.79 Å². The van der Waals surface area contributed by atoms with Gasteiger partial charge in [0, 0.05) is 12.2 Å². The maximum Gasteiger partial charge on any atom is 0.333 e. The van der Waals surface area contributed by atoms with E-state index >= 15 is 0 Å². The summed E-state index contributed by atoms with van der Waals surface area (Å²) < 4.78 is 9.05. The van der Waals surface area contributed by atoms with Crippen LogP contribution < -0.4 is 0 Å². The summed E-state index contributed by atoms with van der Waals surface area (Å²) in [6, 6.07) is 0. The monoisotopic (exact) mass is 230 g/mol. The van der Waals surface area contributed by atoms with Crippen molar-refractivity contribution in [1.29, 1.82) is 0 Å². The number of esters is 2. The Bertz CT molecular complexity index is 310. The zero-order chi connectivity index (χ0) is 12.8. The van der Waals surface area contributed by atoms with E-state index in [-0.39, 0.29) is 0 Å². The lowest BCUT2D eigenvalue weighted by Gasteiger charge is -2.15. The van der Waals surface area contributed by atoms with Gasteiger partial charge in [-0.1, -0.05) is 0 Å². The summed E-state index contributed by atoms with van der Waals surface area (Å²) in [4.78, 5) is 32.0. The van der Waals surface area contributed by atoms with Gasteiger partial charge in [0.25, 0.3) is 0 Å². The number of carbonyl (C=O) groups excluding carboxylic acids is 2. The number of carbonyl (C=O) groups is 3. The van der Waals surface area contributed by atoms with Crippen LogP contribution in [-0.2, 0) is 23.9 Å². The van der Waals surface area contributed by atoms with E-state index in [9.17, 15) is 14.4 Å². The van der Waals surface area contributed by atoms with Gasteiger partial charge in [-0.25, -0.2) is 9.59 Å². The molecule has 0 aliphatic rings. The van der Waals surface area contributed by atoms with Crippen LogP contribution in [0.4, 0.5) is 0 Å². The number of rotatable bonds is 4. The SMILES string of the molecule is CC(C)(C)C(=O)OCOC(=O)/C=C\C(=O)O. The van der Waals surface area contributed by atoms with Gasteiger partial charge in [0.1, 0.15) is 0 Å². The van der Waals surface area contributed by atoms with E-state index in [1.165, 1.54) is 0 Å². The maximum absolute atomic E-state index is 11.2. The minimum atomic E-state index is -1.26. The highest BCUT2D eigenvalue weighted by Crippen LogP contribution is 2.14. The first-order chi connectivity index (χ1) is 7.23. The molecule has 0 bridgehead atoms. The maximum atomic E-state index is 11.2. The molecular weight excluding hydrogens is 216 g/mol. The van der Waals surface area contributed by atoms with E-state index in [1.54, 1.807) is 20.8 Å². The smallest absolute Gasteiger partial charge is 0.333 e. The van der Waals surface area contributed by atoms with E-state index < -0.39 is 30.1 Å². The molecule has 0 fully saturated rings. The highest BCUT2D eigenvalue weighted by atomic mass is 16.7. The number of aliphatic carboxylic acids is 1. The fraction of sp³-hybridized carbons (Fsp3) is 0.500. The van der Waals surface area contributed by atoms with Gasteiger partial charge in [-0.15, -0.1) is 0 Å². The lowest BCUT2D eigenvalue weighted by Crippen LogP contribution is -2.24. The second-order valence-corrected chi connectivity index (χ2v) is 3.93. The van der Waals surface area contributed by atoms with Crippen LogP contribution in [0.3, 0.4) is 0 Å². The molecule has 0 aromatic heterocycles. The van der Waals surface area contributed by atoms with Gasteiger partial charge in [-0.2, -0.15) is 0 Å². The average molecular weight is 230 g/mol. The molecule has 0 amide bonds. The van der Waals surface area contributed by atoms with E-state index in [2.05, 4.69) is 9.47 Å². The number of hydrogen-bond acceptors (Lipinski definition) is 5. The third-order valence-corrected chi connectivity index (χ3v) is 1.37. The molecule has 0 radical (unpaired) electrons. The molecule has 0 aliphatic carbocycles. The summed E-state index contributed by atoms with van der Waals surface area (Å²) >= 11 is 0. The number of ether oxygens (including phenoxy) is 2. The summed E-state index contributed by atoms with van der Waals surface area (Å²) in [5.74, 6) is -2.66. The van der Waals surface area contributed by atoms with Gasteiger partial charge >= 0.3 is 17.9 Å². The van der Waals surface area contributed by atoms with E-state index in [0.29, 0.717) is 6.08 Å². The first kappa shape index (κ1) is 14.2. The second-order valence-electron chi connectivity index (χ2n) is 3.93. The molecule has 0 saturated carbocycles. The van der Waals surface area contributed by atoms with Crippen molar-refractivity contribution >= 4 is 17.9 Å². The molecule has 6 heteroatoms. The van der Waals surface area contributed by atoms with Crippen LogP contribution in [0, 0.1) is 5.41 Å². The normalized spacial score (nSPS) is 11.2. The van der Waals surface area contributed by atoms with Crippen LogP contribution in [0.15, 0.2) is 12.2 Å². The van der Waals surface area contributed by atoms with E-state index in [4.69, 9.17) is 5.11 Å². The third kappa shape index (κ3) is 6.58. The minimum Gasteiger partial charge on any atom is -0.478 e. The van der Waals surface area contributed by atoms with Crippen LogP contribution >= 0.6 is 0 Å². The van der Waals surface area contributed by atoms with Crippen molar-refractivity contribution < 1.29 is 29.0 Å². The Balaban J connectivity index is 3.88. The zero-order valence-corrected chi connectivity index (χ0v) is 9.35. The third-order valence-electron chi connectivity index (χ3n) is 1.37. The Morgan fingerprint density at radius 1 is 1.12 bits per heavy atom. The molecule has 1 N–H and O–H groups in total. The van der Waals surface area contributed by atoms with Crippen molar-refractivity contribution in [3.05, 3.63) is 12.2 Å². The lowest BCUT2D eigenvalue weighted by atomic mass is 9.98. The molecular formula is C10H14O6. The zero-order valence-electron chi connectivity index (χ0n) is 9.35. The Kier molecular flexibility index (Phi) is 5.21. The molecule has 6 nitrogen and oxygen atoms in total. The quantitative estimate of drug-likeness (QED) is 0.434. The van der Waals surface area contributed by atoms with Crippen molar-refractivity contribution in [1.82, 2.24) is 0 Å². The highest BCUT2D eigenvalue weighted by molar-refractivity contribution is 5.90. The van der Waals surface area contributed by atoms with Crippen molar-refractivity contribution in [3.8, 4) is 0 Å². The van der Waals surface area contributed by atoms with Crippen molar-refractivity contribution in [2.75, 3.05) is 6.79 Å². The fourth-order valence-electron chi connectivity index (χ4n) is 0.545. The van der Waals surface area contributed by atoms with Gasteiger partial charge < -0.3 is 14.6 Å². The van der Waals surface area contributed by atoms with Gasteiger partial charge in [0.05, 0.1) is 5.41 Å². The Hall–Kier alpha value is -1.85. The predicted molar refractivity (Wildman–Crippen MR) is 53.3 cm³/mol. The summed E-state index contributed by atoms with van der Waals surface area (Å²) in [7, 11) is 0. The largest absolute Gasteiger partial charge is 0.478 e. The molecule has 0 heterocycles. The Morgan fingerprint density at radius 3 is 2.12 bits per heavy atom. The molecule has 16 heavy (non-hydrogen) atoms. The number of hydrogen-bond donors (Lipinski definition) is 1. The summed E-state index contributed by atoms with van der Waals surface area (Å²) in [5.41, 5.74) is -0.677. The Morgan fingerprint density at radius 2 is 1.69 bits per heavy atom. The molecule has 0 aromatic carbocycles. The topological polar surface area (TPSA) is 89.9 Å². The van der Waals surface area contributed by atoms with Crippen LogP contribution in [0.2, 0.25) is 0 Å². The molecule has 0 aromatic rings. The van der Waals surface area contributed by atoms with Crippen LogP contribution in [0.1, 0.15) is 20.8 Å². The van der Waals surface area contributed by atoms with Gasteiger partial charge in [-0.3, -0.25) is 4.79 Å². The van der Waals surface area contributed by atoms with E-state index in [1.807, 2.05) is 0 Å². The van der Waals surface area contributed by atoms with Gasteiger partial charge in [-0.05, 0) is 20.8 Å². The molecule has 0 spiro atoms. The molecule has 0 unspecified atom stereocenters. The molecule has 90 valence electrons. The van der Waals surface area contributed by atoms with Crippen molar-refractivity contribution in [2.45, 2.75) is 20.8 Å². The molecule has 0 atom stereocenters. The summed E-state index contributed by atoms with van der Waals surface area (Å²) in [6.07, 6.45) is 1.36. The number of carboxylic acids is 1. The summed E-state index contributed by atoms with van der Waals surface area (Å²) in [6.45, 7) is 4.43. The van der Waals surface area contributed by atoms with Gasteiger partial charge in [0.15, 0.2) is 0 Å². The summed E-state index contributed by atoms with van der Waals surface area (Å²) in [5, 5.41) is 8.20. The van der Waals surface area contributed by atoms with E-state index in [0.717, 1.165) is 6.08 Å².